The Kier molecular flexibility index (Phi) is 3.95. The van der Waals surface area contributed by atoms with Gasteiger partial charge in [0.05, 0.1) is 5.39 Å². The third kappa shape index (κ3) is 2.55. The summed E-state index contributed by atoms with van der Waals surface area (Å²) in [5, 5.41) is 11.5. The van der Waals surface area contributed by atoms with Crippen molar-refractivity contribution in [2.24, 2.45) is 0 Å². The van der Waals surface area contributed by atoms with E-state index in [4.69, 9.17) is 22.1 Å². The number of ketones is 2. The maximum absolute atomic E-state index is 12.4. The highest BCUT2D eigenvalue weighted by Gasteiger charge is 2.47. The van der Waals surface area contributed by atoms with E-state index >= 15 is 0 Å². The molecule has 1 aromatic carbocycles. The van der Waals surface area contributed by atoms with Gasteiger partial charge in [-0.25, -0.2) is 9.97 Å². The Hall–Kier alpha value is -2.81. The number of nitrogens with two attached hydrogens (primary N) is 1. The molecular weight excluding hydrogens is 360 g/mol. The number of carbonyl (C=O) groups is 2. The number of nitrogens with zero attached hydrogens (tertiary/aromatic N) is 3. The van der Waals surface area contributed by atoms with Crippen molar-refractivity contribution in [3.8, 4) is 0 Å². The molecule has 3 heterocycles. The van der Waals surface area contributed by atoms with Gasteiger partial charge in [0.15, 0.2) is 6.10 Å². The third-order valence-electron chi connectivity index (χ3n) is 4.29. The minimum atomic E-state index is -1.31. The van der Waals surface area contributed by atoms with Gasteiger partial charge in [0.2, 0.25) is 12.0 Å². The summed E-state index contributed by atoms with van der Waals surface area (Å²) < 4.78 is 7.01. The predicted octanol–water partition coefficient (Wildman–Crippen LogP) is 1.44. The number of aliphatic hydroxyl groups is 1. The van der Waals surface area contributed by atoms with E-state index in [9.17, 15) is 14.7 Å². The van der Waals surface area contributed by atoms with Gasteiger partial charge >= 0.3 is 0 Å². The van der Waals surface area contributed by atoms with Gasteiger partial charge in [0.25, 0.3) is 5.78 Å². The Morgan fingerprint density at radius 1 is 1.15 bits per heavy atom. The van der Waals surface area contributed by atoms with Crippen LogP contribution in [0.4, 0.5) is 5.82 Å². The first-order chi connectivity index (χ1) is 12.5. The molecule has 3 aromatic rings. The molecule has 26 heavy (non-hydrogen) atoms. The molecule has 3 atom stereocenters. The maximum atomic E-state index is 12.4. The molecule has 0 bridgehead atoms. The highest BCUT2D eigenvalue weighted by Crippen LogP contribution is 2.33. The summed E-state index contributed by atoms with van der Waals surface area (Å²) in [4.78, 5) is 32.8. The van der Waals surface area contributed by atoms with Crippen LogP contribution in [0.15, 0.2) is 42.9 Å². The number of Topliss-reactive ketones (excluding diaryl/α,β-unsaturated/α-hetero) is 2. The van der Waals surface area contributed by atoms with E-state index in [2.05, 4.69) is 9.97 Å². The molecule has 0 amide bonds. The molecule has 2 aromatic heterocycles. The van der Waals surface area contributed by atoms with E-state index in [1.54, 1.807) is 36.5 Å². The molecule has 132 valence electrons. The monoisotopic (exact) mass is 372 g/mol. The van der Waals surface area contributed by atoms with Gasteiger partial charge < -0.3 is 15.6 Å². The van der Waals surface area contributed by atoms with E-state index in [0.717, 1.165) is 0 Å². The number of aromatic nitrogens is 3. The summed E-state index contributed by atoms with van der Waals surface area (Å²) in [5.74, 6) is -1.32. The van der Waals surface area contributed by atoms with Crippen molar-refractivity contribution in [2.45, 2.75) is 18.4 Å². The van der Waals surface area contributed by atoms with Crippen molar-refractivity contribution >= 4 is 40.0 Å². The van der Waals surface area contributed by atoms with Crippen molar-refractivity contribution in [1.82, 2.24) is 14.5 Å². The summed E-state index contributed by atoms with van der Waals surface area (Å²) in [5.41, 5.74) is 6.57. The summed E-state index contributed by atoms with van der Waals surface area (Å²) in [6.07, 6.45) is -1.03. The van der Waals surface area contributed by atoms with Crippen LogP contribution < -0.4 is 5.73 Å². The molecule has 0 spiro atoms. The number of ether oxygens (including phenoxy) is 1. The fraction of sp³-hybridized carbons (Fsp3) is 0.176. The highest BCUT2D eigenvalue weighted by atomic mass is 35.5. The number of anilines is 1. The van der Waals surface area contributed by atoms with Crippen LogP contribution >= 0.6 is 11.6 Å². The minimum absolute atomic E-state index is 0.253. The first kappa shape index (κ1) is 16.6. The third-order valence-corrected chi connectivity index (χ3v) is 4.54. The molecule has 9 heteroatoms. The lowest BCUT2D eigenvalue weighted by atomic mass is 10.0. The van der Waals surface area contributed by atoms with Gasteiger partial charge in [-0.05, 0) is 23.8 Å². The Balaban J connectivity index is 1.67. The maximum Gasteiger partial charge on any atom is 0.250 e. The van der Waals surface area contributed by atoms with Crippen molar-refractivity contribution in [3.63, 3.8) is 0 Å². The molecule has 4 rings (SSSR count). The molecule has 1 fully saturated rings. The van der Waals surface area contributed by atoms with Gasteiger partial charge in [-0.15, -0.1) is 0 Å². The van der Waals surface area contributed by atoms with Crippen LogP contribution in [0.5, 0.6) is 0 Å². The summed E-state index contributed by atoms with van der Waals surface area (Å²) in [6.45, 7) is 0. The number of fused-ring (bicyclic) bond motifs is 1. The largest absolute Gasteiger partial charge is 0.385 e. The number of rotatable bonds is 3. The second kappa shape index (κ2) is 6.17. The van der Waals surface area contributed by atoms with Gasteiger partial charge in [0, 0.05) is 11.2 Å². The number of carbonyl (C=O) groups excluding carboxylic acids is 2. The molecule has 0 aliphatic carbocycles. The molecule has 3 N–H and O–H groups in total. The lowest BCUT2D eigenvalue weighted by Crippen LogP contribution is -2.27. The van der Waals surface area contributed by atoms with Crippen molar-refractivity contribution in [1.29, 1.82) is 0 Å². The predicted molar refractivity (Wildman–Crippen MR) is 92.3 cm³/mol. The first-order valence-corrected chi connectivity index (χ1v) is 8.09. The van der Waals surface area contributed by atoms with Crippen LogP contribution in [0.2, 0.25) is 5.02 Å². The van der Waals surface area contributed by atoms with E-state index < -0.39 is 30.0 Å². The molecule has 1 aliphatic rings. The van der Waals surface area contributed by atoms with Gasteiger partial charge in [0.1, 0.15) is 23.9 Å². The smallest absolute Gasteiger partial charge is 0.250 e. The highest BCUT2D eigenvalue weighted by molar-refractivity contribution is 6.41. The number of halogens is 1. The lowest BCUT2D eigenvalue weighted by molar-refractivity contribution is -0.136. The van der Waals surface area contributed by atoms with E-state index in [0.29, 0.717) is 21.6 Å². The molecule has 0 unspecified atom stereocenters. The van der Waals surface area contributed by atoms with Gasteiger partial charge in [-0.3, -0.25) is 14.2 Å². The van der Waals surface area contributed by atoms with E-state index in [1.165, 1.54) is 10.9 Å². The molecule has 1 saturated heterocycles. The summed E-state index contributed by atoms with van der Waals surface area (Å²) in [7, 11) is 0. The quantitative estimate of drug-likeness (QED) is 0.667. The zero-order valence-electron chi connectivity index (χ0n) is 13.2. The van der Waals surface area contributed by atoms with Crippen LogP contribution in [0.25, 0.3) is 11.0 Å². The molecule has 0 radical (unpaired) electrons. The van der Waals surface area contributed by atoms with Crippen molar-refractivity contribution in [3.05, 3.63) is 53.4 Å². The van der Waals surface area contributed by atoms with Crippen LogP contribution in [0.3, 0.4) is 0 Å². The van der Waals surface area contributed by atoms with Crippen molar-refractivity contribution in [2.75, 3.05) is 5.73 Å². The number of hydrogen-bond donors (Lipinski definition) is 2. The van der Waals surface area contributed by atoms with Crippen LogP contribution in [-0.4, -0.2) is 37.3 Å². The second-order valence-corrected chi connectivity index (χ2v) is 6.29. The average molecular weight is 373 g/mol. The fourth-order valence-electron chi connectivity index (χ4n) is 2.95. The number of hydrogen-bond acceptors (Lipinski definition) is 7. The van der Waals surface area contributed by atoms with E-state index in [1.807, 2.05) is 0 Å². The molecule has 8 nitrogen and oxygen atoms in total. The Labute approximate surface area is 152 Å². The zero-order chi connectivity index (χ0) is 18.4. The number of benzene rings is 1. The number of nitrogen functional groups attached to an aromatic ring is 1. The van der Waals surface area contributed by atoms with Gasteiger partial charge in [-0.2, -0.15) is 0 Å². The molecule has 1 aliphatic heterocycles. The Bertz CT molecular complexity index is 1020. The van der Waals surface area contributed by atoms with Crippen molar-refractivity contribution < 1.29 is 19.4 Å². The van der Waals surface area contributed by atoms with Crippen LogP contribution in [0, 0.1) is 0 Å². The van der Waals surface area contributed by atoms with Gasteiger partial charge in [-0.1, -0.05) is 23.7 Å². The molecule has 0 saturated carbocycles. The first-order valence-electron chi connectivity index (χ1n) is 7.71. The molecular formula is C17H13ClN4O4. The average Bonchev–Trinajstić information content (AvgIpc) is 3.18. The topological polar surface area (TPSA) is 120 Å². The number of aliphatic hydroxyl groups excluding tert-OH is 1. The Morgan fingerprint density at radius 2 is 1.88 bits per heavy atom. The standard InChI is InChI=1S/C17H13ClN4O4/c18-9-3-1-8(2-4-9)11(23)14-12(24)13(25)17(26-14)22-6-5-10-15(19)20-7-21-16(10)22/h1-7,11,14,17,23H,(H2,19,20,21)/t11-,14-,17-/m1/s1. The SMILES string of the molecule is Nc1ncnc2c1ccn2[C@@H]1O[C@H]([C@H](O)c2ccc(Cl)cc2)C(=O)C1=O. The summed E-state index contributed by atoms with van der Waals surface area (Å²) in [6, 6.07) is 7.94. The minimum Gasteiger partial charge on any atom is -0.385 e. The Morgan fingerprint density at radius 3 is 2.62 bits per heavy atom. The zero-order valence-corrected chi connectivity index (χ0v) is 14.0. The fourth-order valence-corrected chi connectivity index (χ4v) is 3.07. The second-order valence-electron chi connectivity index (χ2n) is 5.85. The summed E-state index contributed by atoms with van der Waals surface area (Å²) >= 11 is 5.83. The normalized spacial score (nSPS) is 21.5. The lowest BCUT2D eigenvalue weighted by Gasteiger charge is -2.18. The van der Waals surface area contributed by atoms with E-state index in [-0.39, 0.29) is 5.82 Å². The van der Waals surface area contributed by atoms with Crippen LogP contribution in [0.1, 0.15) is 17.9 Å². The van der Waals surface area contributed by atoms with Crippen LogP contribution in [-0.2, 0) is 14.3 Å².